The molecule has 1 saturated heterocycles. The second-order valence-electron chi connectivity index (χ2n) is 7.00. The Morgan fingerprint density at radius 2 is 1.58 bits per heavy atom. The first-order valence-electron chi connectivity index (χ1n) is 10.1. The van der Waals surface area contributed by atoms with Gasteiger partial charge < -0.3 is 24.4 Å². The fourth-order valence-corrected chi connectivity index (χ4v) is 4.34. The van der Waals surface area contributed by atoms with Crippen LogP contribution in [0.5, 0.6) is 11.5 Å². The number of morpholine rings is 1. The van der Waals surface area contributed by atoms with Gasteiger partial charge in [-0.15, -0.1) is 0 Å². The zero-order valence-electron chi connectivity index (χ0n) is 17.6. The Kier molecular flexibility index (Phi) is 6.69. The molecular weight excluding hydrogens is 414 g/mol. The molecule has 31 heavy (non-hydrogen) atoms. The van der Waals surface area contributed by atoms with E-state index in [0.717, 1.165) is 33.2 Å². The Morgan fingerprint density at radius 1 is 1.00 bits per heavy atom. The van der Waals surface area contributed by atoms with Crippen LogP contribution in [0.4, 0.5) is 5.13 Å². The van der Waals surface area contributed by atoms with Gasteiger partial charge in [0.25, 0.3) is 0 Å². The number of carbonyl (C=O) groups is 1. The van der Waals surface area contributed by atoms with E-state index < -0.39 is 0 Å². The fourth-order valence-electron chi connectivity index (χ4n) is 3.35. The number of hydrogen-bond donors (Lipinski definition) is 1. The summed E-state index contributed by atoms with van der Waals surface area (Å²) >= 11 is 1.53. The number of hydrogen-bond acceptors (Lipinski definition) is 7. The lowest BCUT2D eigenvalue weighted by Crippen LogP contribution is -2.43. The van der Waals surface area contributed by atoms with Gasteiger partial charge in [-0.25, -0.2) is 4.98 Å². The highest BCUT2D eigenvalue weighted by Crippen LogP contribution is 2.39. The number of amides is 1. The molecule has 0 atom stereocenters. The molecule has 0 unspecified atom stereocenters. The van der Waals surface area contributed by atoms with Crippen LogP contribution in [0, 0.1) is 0 Å². The van der Waals surface area contributed by atoms with Crippen LogP contribution in [0.1, 0.15) is 0 Å². The molecule has 0 saturated carbocycles. The van der Waals surface area contributed by atoms with E-state index in [1.807, 2.05) is 53.4 Å². The third-order valence-electron chi connectivity index (χ3n) is 5.10. The zero-order valence-corrected chi connectivity index (χ0v) is 18.4. The minimum atomic E-state index is 0.0514. The van der Waals surface area contributed by atoms with Crippen molar-refractivity contribution in [1.29, 1.82) is 0 Å². The molecule has 1 N–H and O–H groups in total. The van der Waals surface area contributed by atoms with Crippen LogP contribution < -0.4 is 14.8 Å². The van der Waals surface area contributed by atoms with Crippen molar-refractivity contribution in [1.82, 2.24) is 9.88 Å². The molecule has 1 fully saturated rings. The number of nitrogens with one attached hydrogen (secondary N) is 1. The molecule has 1 aliphatic rings. The molecular formula is C23H25N3O4S. The highest BCUT2D eigenvalue weighted by atomic mass is 32.1. The largest absolute Gasteiger partial charge is 0.497 e. The summed E-state index contributed by atoms with van der Waals surface area (Å²) in [4.78, 5) is 20.2. The number of benzene rings is 2. The molecule has 3 aromatic rings. The third-order valence-corrected chi connectivity index (χ3v) is 6.16. The second kappa shape index (κ2) is 9.80. The zero-order chi connectivity index (χ0) is 21.6. The van der Waals surface area contributed by atoms with Crippen LogP contribution in [0.3, 0.4) is 0 Å². The lowest BCUT2D eigenvalue weighted by molar-refractivity contribution is -0.133. The maximum absolute atomic E-state index is 12.5. The highest BCUT2D eigenvalue weighted by molar-refractivity contribution is 7.19. The summed E-state index contributed by atoms with van der Waals surface area (Å²) < 4.78 is 15.9. The molecule has 4 rings (SSSR count). The maximum atomic E-state index is 12.5. The molecule has 0 aliphatic carbocycles. The van der Waals surface area contributed by atoms with Gasteiger partial charge in [-0.3, -0.25) is 4.79 Å². The predicted octanol–water partition coefficient (Wildman–Crippen LogP) is 3.77. The third kappa shape index (κ3) is 4.98. The molecule has 7 nitrogen and oxygen atoms in total. The Morgan fingerprint density at radius 3 is 2.16 bits per heavy atom. The van der Waals surface area contributed by atoms with Crippen molar-refractivity contribution in [3.63, 3.8) is 0 Å². The number of methoxy groups -OCH3 is 2. The second-order valence-corrected chi connectivity index (χ2v) is 8.00. The number of ether oxygens (including phenoxy) is 3. The van der Waals surface area contributed by atoms with Crippen LogP contribution in [0.15, 0.2) is 48.5 Å². The van der Waals surface area contributed by atoms with Crippen molar-refractivity contribution in [3.8, 4) is 33.2 Å². The average Bonchev–Trinajstić information content (AvgIpc) is 3.27. The van der Waals surface area contributed by atoms with Gasteiger partial charge >= 0.3 is 0 Å². The predicted molar refractivity (Wildman–Crippen MR) is 122 cm³/mol. The first-order valence-corrected chi connectivity index (χ1v) is 10.9. The molecule has 1 amide bonds. The van der Waals surface area contributed by atoms with Crippen LogP contribution in [-0.4, -0.2) is 62.9 Å². The number of rotatable bonds is 7. The van der Waals surface area contributed by atoms with Gasteiger partial charge in [0.05, 0.1) is 44.5 Å². The topological polar surface area (TPSA) is 72.9 Å². The normalized spacial score (nSPS) is 13.7. The number of anilines is 1. The summed E-state index contributed by atoms with van der Waals surface area (Å²) in [6.45, 7) is 2.65. The molecule has 162 valence electrons. The van der Waals surface area contributed by atoms with Crippen LogP contribution in [0.25, 0.3) is 21.7 Å². The molecule has 1 aromatic heterocycles. The smallest absolute Gasteiger partial charge is 0.242 e. The molecule has 1 aliphatic heterocycles. The Bertz CT molecular complexity index is 947. The van der Waals surface area contributed by atoms with Gasteiger partial charge in [-0.05, 0) is 54.1 Å². The number of aromatic nitrogens is 1. The van der Waals surface area contributed by atoms with Crippen molar-refractivity contribution in [3.05, 3.63) is 48.5 Å². The van der Waals surface area contributed by atoms with Crippen molar-refractivity contribution in [2.45, 2.75) is 0 Å². The molecule has 2 aromatic carbocycles. The van der Waals surface area contributed by atoms with E-state index in [0.29, 0.717) is 31.4 Å². The summed E-state index contributed by atoms with van der Waals surface area (Å²) in [6.07, 6.45) is 0. The standard InChI is InChI=1S/C23H25N3O4S/c1-28-18-7-3-16(4-8-18)21-22(17-5-9-19(29-2)10-6-17)31-23(25-21)24-15-20(27)26-11-13-30-14-12-26/h3-10H,11-15H2,1-2H3,(H,24,25). The Balaban J connectivity index is 1.60. The van der Waals surface area contributed by atoms with E-state index in [4.69, 9.17) is 19.2 Å². The van der Waals surface area contributed by atoms with Gasteiger partial charge in [-0.1, -0.05) is 11.3 Å². The van der Waals surface area contributed by atoms with E-state index in [-0.39, 0.29) is 12.5 Å². The van der Waals surface area contributed by atoms with Crippen LogP contribution in [0.2, 0.25) is 0 Å². The van der Waals surface area contributed by atoms with Gasteiger partial charge in [0, 0.05) is 18.7 Å². The minimum absolute atomic E-state index is 0.0514. The van der Waals surface area contributed by atoms with Crippen LogP contribution in [-0.2, 0) is 9.53 Å². The molecule has 2 heterocycles. The van der Waals surface area contributed by atoms with Gasteiger partial charge in [0.15, 0.2) is 5.13 Å². The van der Waals surface area contributed by atoms with Gasteiger partial charge in [-0.2, -0.15) is 0 Å². The number of thiazole rings is 1. The quantitative estimate of drug-likeness (QED) is 0.604. The number of carbonyl (C=O) groups excluding carboxylic acids is 1. The summed E-state index contributed by atoms with van der Waals surface area (Å²) in [6, 6.07) is 15.7. The minimum Gasteiger partial charge on any atom is -0.497 e. The van der Waals surface area contributed by atoms with E-state index in [2.05, 4.69) is 5.32 Å². The van der Waals surface area contributed by atoms with Crippen molar-refractivity contribution < 1.29 is 19.0 Å². The fraction of sp³-hybridized carbons (Fsp3) is 0.304. The molecule has 8 heteroatoms. The summed E-state index contributed by atoms with van der Waals surface area (Å²) in [5.74, 6) is 1.64. The maximum Gasteiger partial charge on any atom is 0.242 e. The number of nitrogens with zero attached hydrogens (tertiary/aromatic N) is 2. The molecule has 0 bridgehead atoms. The summed E-state index contributed by atoms with van der Waals surface area (Å²) in [5, 5.41) is 3.92. The molecule has 0 spiro atoms. The first kappa shape index (κ1) is 21.1. The lowest BCUT2D eigenvalue weighted by atomic mass is 10.1. The highest BCUT2D eigenvalue weighted by Gasteiger charge is 2.19. The average molecular weight is 440 g/mol. The Labute approximate surface area is 185 Å². The van der Waals surface area contributed by atoms with Crippen LogP contribution >= 0.6 is 11.3 Å². The Hall–Kier alpha value is -3.10. The molecule has 0 radical (unpaired) electrons. The van der Waals surface area contributed by atoms with Gasteiger partial charge in [0.2, 0.25) is 5.91 Å². The van der Waals surface area contributed by atoms with E-state index in [1.165, 1.54) is 11.3 Å². The summed E-state index contributed by atoms with van der Waals surface area (Å²) in [7, 11) is 3.30. The lowest BCUT2D eigenvalue weighted by Gasteiger charge is -2.26. The van der Waals surface area contributed by atoms with E-state index >= 15 is 0 Å². The van der Waals surface area contributed by atoms with Crippen molar-refractivity contribution in [2.24, 2.45) is 0 Å². The van der Waals surface area contributed by atoms with E-state index in [1.54, 1.807) is 14.2 Å². The first-order chi connectivity index (χ1) is 15.2. The van der Waals surface area contributed by atoms with Gasteiger partial charge in [0.1, 0.15) is 11.5 Å². The van der Waals surface area contributed by atoms with Crippen molar-refractivity contribution in [2.75, 3.05) is 52.4 Å². The monoisotopic (exact) mass is 439 g/mol. The SMILES string of the molecule is COc1ccc(-c2nc(NCC(=O)N3CCOCC3)sc2-c2ccc(OC)cc2)cc1. The van der Waals surface area contributed by atoms with Crippen molar-refractivity contribution >= 4 is 22.4 Å². The summed E-state index contributed by atoms with van der Waals surface area (Å²) in [5.41, 5.74) is 2.88. The van der Waals surface area contributed by atoms with E-state index in [9.17, 15) is 4.79 Å².